The van der Waals surface area contributed by atoms with Crippen molar-refractivity contribution in [3.63, 3.8) is 0 Å². The second-order valence-electron chi connectivity index (χ2n) is 4.74. The minimum atomic E-state index is -0.214. The van der Waals surface area contributed by atoms with E-state index in [1.165, 1.54) is 0 Å². The minimum absolute atomic E-state index is 0.0826. The van der Waals surface area contributed by atoms with Crippen molar-refractivity contribution in [1.29, 1.82) is 0 Å². The summed E-state index contributed by atoms with van der Waals surface area (Å²) in [5.41, 5.74) is 1.12. The van der Waals surface area contributed by atoms with Crippen molar-refractivity contribution < 1.29 is 14.3 Å². The van der Waals surface area contributed by atoms with Gasteiger partial charge in [-0.1, -0.05) is 36.2 Å². The number of ether oxygens (including phenoxy) is 1. The highest BCUT2D eigenvalue weighted by Gasteiger charge is 2.11. The maximum Gasteiger partial charge on any atom is 0.224 e. The molecule has 0 saturated carbocycles. The molecule has 0 unspecified atom stereocenters. The molecular weight excluding hydrogens is 337 g/mol. The molecule has 0 aliphatic rings. The molecule has 120 valence electrons. The quantitative estimate of drug-likeness (QED) is 0.773. The molecule has 0 aliphatic heterocycles. The molecule has 0 fully saturated rings. The molecule has 2 aromatic rings. The van der Waals surface area contributed by atoms with Gasteiger partial charge in [0.1, 0.15) is 0 Å². The Labute approximate surface area is 144 Å². The van der Waals surface area contributed by atoms with Crippen molar-refractivity contribution in [3.8, 4) is 5.75 Å². The van der Waals surface area contributed by atoms with Gasteiger partial charge < -0.3 is 10.1 Å². The number of carbonyl (C=O) groups is 2. The average Bonchev–Trinajstić information content (AvgIpc) is 2.54. The predicted molar refractivity (Wildman–Crippen MR) is 91.7 cm³/mol. The summed E-state index contributed by atoms with van der Waals surface area (Å²) >= 11 is 12.0. The smallest absolute Gasteiger partial charge is 0.224 e. The van der Waals surface area contributed by atoms with Gasteiger partial charge in [0, 0.05) is 17.7 Å². The number of nitrogens with one attached hydrogen (secondary N) is 1. The third kappa shape index (κ3) is 4.71. The number of halogens is 2. The highest BCUT2D eigenvalue weighted by atomic mass is 35.5. The normalized spacial score (nSPS) is 10.2. The molecule has 1 N–H and O–H groups in total. The highest BCUT2D eigenvalue weighted by molar-refractivity contribution is 6.37. The van der Waals surface area contributed by atoms with Gasteiger partial charge in [0.2, 0.25) is 5.91 Å². The number of rotatable bonds is 6. The Bertz CT molecular complexity index is 694. The fraction of sp³-hybridized carbons (Fsp3) is 0.176. The zero-order chi connectivity index (χ0) is 16.8. The van der Waals surface area contributed by atoms with Crippen molar-refractivity contribution >= 4 is 40.6 Å². The van der Waals surface area contributed by atoms with Gasteiger partial charge in [-0.3, -0.25) is 9.59 Å². The van der Waals surface area contributed by atoms with Crippen LogP contribution in [0.25, 0.3) is 0 Å². The molecule has 2 rings (SSSR count). The molecular formula is C17H15Cl2NO3. The van der Waals surface area contributed by atoms with Crippen LogP contribution in [0.4, 0.5) is 5.69 Å². The lowest BCUT2D eigenvalue weighted by Crippen LogP contribution is -2.13. The maximum absolute atomic E-state index is 12.1. The Kier molecular flexibility index (Phi) is 6.02. The Hall–Kier alpha value is -2.04. The summed E-state index contributed by atoms with van der Waals surface area (Å²) in [6.45, 7) is 1.59. The lowest BCUT2D eigenvalue weighted by Gasteiger charge is -2.09. The highest BCUT2D eigenvalue weighted by Crippen LogP contribution is 2.32. The van der Waals surface area contributed by atoms with Crippen LogP contribution >= 0.6 is 23.2 Å². The number of hydrogen-bond donors (Lipinski definition) is 1. The molecule has 0 saturated heterocycles. The second kappa shape index (κ2) is 7.99. The Morgan fingerprint density at radius 3 is 2.22 bits per heavy atom. The molecule has 6 heteroatoms. The van der Waals surface area contributed by atoms with Crippen LogP contribution in [0.2, 0.25) is 10.0 Å². The summed E-state index contributed by atoms with van der Waals surface area (Å²) < 4.78 is 5.41. The van der Waals surface area contributed by atoms with Crippen molar-refractivity contribution in [3.05, 3.63) is 58.1 Å². The van der Waals surface area contributed by atoms with Crippen molar-refractivity contribution in [1.82, 2.24) is 0 Å². The van der Waals surface area contributed by atoms with E-state index in [0.717, 1.165) is 0 Å². The lowest BCUT2D eigenvalue weighted by molar-refractivity contribution is -0.115. The first-order valence-corrected chi connectivity index (χ1v) is 7.76. The molecule has 23 heavy (non-hydrogen) atoms. The third-order valence-electron chi connectivity index (χ3n) is 3.08. The van der Waals surface area contributed by atoms with Crippen LogP contribution in [0.1, 0.15) is 23.7 Å². The number of carbonyl (C=O) groups excluding carboxylic acids is 2. The standard InChI is InChI=1S/C17H15Cl2NO3/c1-2-16(22)20-12-8-6-11(7-9-12)15(21)10-23-17-13(18)4-3-5-14(17)19/h3-9H,2,10H2,1H3,(H,20,22). The Morgan fingerprint density at radius 2 is 1.65 bits per heavy atom. The van der Waals surface area contributed by atoms with Gasteiger partial charge in [-0.15, -0.1) is 0 Å². The largest absolute Gasteiger partial charge is 0.482 e. The monoisotopic (exact) mass is 351 g/mol. The summed E-state index contributed by atoms with van der Waals surface area (Å²) in [6, 6.07) is 11.6. The van der Waals surface area contributed by atoms with Crippen LogP contribution in [0.5, 0.6) is 5.75 Å². The van der Waals surface area contributed by atoms with E-state index >= 15 is 0 Å². The van der Waals surface area contributed by atoms with Gasteiger partial charge in [0.25, 0.3) is 0 Å². The molecule has 0 heterocycles. The maximum atomic E-state index is 12.1. The first-order valence-electron chi connectivity index (χ1n) is 7.01. The molecule has 0 radical (unpaired) electrons. The molecule has 0 aliphatic carbocycles. The SMILES string of the molecule is CCC(=O)Nc1ccc(C(=O)COc2c(Cl)cccc2Cl)cc1. The van der Waals surface area contributed by atoms with E-state index < -0.39 is 0 Å². The van der Waals surface area contributed by atoms with Gasteiger partial charge >= 0.3 is 0 Å². The zero-order valence-corrected chi connectivity index (χ0v) is 13.9. The summed E-state index contributed by atoms with van der Waals surface area (Å²) in [7, 11) is 0. The van der Waals surface area contributed by atoms with E-state index in [2.05, 4.69) is 5.32 Å². The summed E-state index contributed by atoms with van der Waals surface area (Å²) in [5, 5.41) is 3.41. The topological polar surface area (TPSA) is 55.4 Å². The summed E-state index contributed by atoms with van der Waals surface area (Å²) in [6.07, 6.45) is 0.396. The number of anilines is 1. The van der Waals surface area contributed by atoms with Gasteiger partial charge in [-0.05, 0) is 36.4 Å². The van der Waals surface area contributed by atoms with E-state index in [1.54, 1.807) is 49.4 Å². The number of Topliss-reactive ketones (excluding diaryl/α,β-unsaturated/α-hetero) is 1. The molecule has 4 nitrogen and oxygen atoms in total. The number of ketones is 1. The first kappa shape index (κ1) is 17.3. The Morgan fingerprint density at radius 1 is 1.04 bits per heavy atom. The van der Waals surface area contributed by atoms with Crippen LogP contribution in [0.15, 0.2) is 42.5 Å². The Balaban J connectivity index is 1.99. The fourth-order valence-electron chi connectivity index (χ4n) is 1.83. The first-order chi connectivity index (χ1) is 11.0. The number of benzene rings is 2. The molecule has 0 atom stereocenters. The van der Waals surface area contributed by atoms with Crippen LogP contribution in [0, 0.1) is 0 Å². The number of hydrogen-bond acceptors (Lipinski definition) is 3. The van der Waals surface area contributed by atoms with Crippen molar-refractivity contribution in [2.45, 2.75) is 13.3 Å². The van der Waals surface area contributed by atoms with Crippen LogP contribution in [0.3, 0.4) is 0 Å². The van der Waals surface area contributed by atoms with Crippen molar-refractivity contribution in [2.24, 2.45) is 0 Å². The summed E-state index contributed by atoms with van der Waals surface area (Å²) in [4.78, 5) is 23.4. The second-order valence-corrected chi connectivity index (χ2v) is 5.56. The van der Waals surface area contributed by atoms with Gasteiger partial charge in [0.05, 0.1) is 10.0 Å². The van der Waals surface area contributed by atoms with E-state index in [4.69, 9.17) is 27.9 Å². The molecule has 0 bridgehead atoms. The fourth-order valence-corrected chi connectivity index (χ4v) is 2.34. The van der Waals surface area contributed by atoms with E-state index in [0.29, 0.717) is 27.7 Å². The minimum Gasteiger partial charge on any atom is -0.482 e. The summed E-state index contributed by atoms with van der Waals surface area (Å²) in [5.74, 6) is -0.00821. The lowest BCUT2D eigenvalue weighted by atomic mass is 10.1. The van der Waals surface area contributed by atoms with E-state index in [-0.39, 0.29) is 24.0 Å². The van der Waals surface area contributed by atoms with E-state index in [9.17, 15) is 9.59 Å². The van der Waals surface area contributed by atoms with Crippen LogP contribution in [-0.2, 0) is 4.79 Å². The third-order valence-corrected chi connectivity index (χ3v) is 3.67. The average molecular weight is 352 g/mol. The molecule has 2 aromatic carbocycles. The molecule has 0 spiro atoms. The zero-order valence-electron chi connectivity index (χ0n) is 12.4. The van der Waals surface area contributed by atoms with E-state index in [1.807, 2.05) is 0 Å². The van der Waals surface area contributed by atoms with Crippen molar-refractivity contribution in [2.75, 3.05) is 11.9 Å². The number of para-hydroxylation sites is 1. The molecule has 1 amide bonds. The molecule has 0 aromatic heterocycles. The predicted octanol–water partition coefficient (Wildman–Crippen LogP) is 4.60. The van der Waals surface area contributed by atoms with Crippen LogP contribution < -0.4 is 10.1 Å². The van der Waals surface area contributed by atoms with Crippen LogP contribution in [-0.4, -0.2) is 18.3 Å². The number of amides is 1. The van der Waals surface area contributed by atoms with Gasteiger partial charge in [0.15, 0.2) is 18.1 Å². The van der Waals surface area contributed by atoms with Gasteiger partial charge in [-0.25, -0.2) is 0 Å². The van der Waals surface area contributed by atoms with Gasteiger partial charge in [-0.2, -0.15) is 0 Å².